The lowest BCUT2D eigenvalue weighted by Gasteiger charge is -2.34. The summed E-state index contributed by atoms with van der Waals surface area (Å²) >= 11 is 0. The number of nitrogens with zero attached hydrogens (tertiary/aromatic N) is 1. The fourth-order valence-corrected chi connectivity index (χ4v) is 4.15. The van der Waals surface area contributed by atoms with Gasteiger partial charge in [0.05, 0.1) is 0 Å². The van der Waals surface area contributed by atoms with E-state index < -0.39 is 17.3 Å². The van der Waals surface area contributed by atoms with Crippen LogP contribution in [0, 0.1) is 18.3 Å². The second-order valence-electron chi connectivity index (χ2n) is 7.15. The minimum Gasteiger partial charge on any atom is -0.457 e. The van der Waals surface area contributed by atoms with Crippen LogP contribution in [-0.2, 0) is 31.1 Å². The highest BCUT2D eigenvalue weighted by atomic mass is 16.5. The third-order valence-corrected chi connectivity index (χ3v) is 5.38. The third kappa shape index (κ3) is 2.65. The maximum absolute atomic E-state index is 13.4. The number of esters is 1. The van der Waals surface area contributed by atoms with Gasteiger partial charge in [-0.3, -0.25) is 4.79 Å². The SMILES string of the molecule is CC1=C(C(=O)OCc2ccccc2)C2(C(=O)Nc3cccc(C)c32)C(C#N)=C(N)O1. The number of anilines is 1. The molecule has 0 aromatic heterocycles. The van der Waals surface area contributed by atoms with Crippen LogP contribution in [0.3, 0.4) is 0 Å². The number of hydrogen-bond donors (Lipinski definition) is 2. The van der Waals surface area contributed by atoms with E-state index in [0.717, 1.165) is 11.1 Å². The fraction of sp³-hybridized carbons (Fsp3) is 0.174. The molecule has 3 N–H and O–H groups in total. The normalized spacial score (nSPS) is 19.8. The Morgan fingerprint density at radius 3 is 2.63 bits per heavy atom. The number of carbonyl (C=O) groups is 2. The van der Waals surface area contributed by atoms with Gasteiger partial charge in [0.1, 0.15) is 29.6 Å². The largest absolute Gasteiger partial charge is 0.457 e. The van der Waals surface area contributed by atoms with Crippen LogP contribution < -0.4 is 11.1 Å². The lowest BCUT2D eigenvalue weighted by Crippen LogP contribution is -2.46. The molecule has 0 saturated heterocycles. The van der Waals surface area contributed by atoms with E-state index in [1.165, 1.54) is 6.92 Å². The fourth-order valence-electron chi connectivity index (χ4n) is 4.15. The molecule has 0 radical (unpaired) electrons. The molecule has 2 aliphatic rings. The first-order valence-electron chi connectivity index (χ1n) is 9.33. The molecule has 1 atom stereocenters. The summed E-state index contributed by atoms with van der Waals surface area (Å²) < 4.78 is 11.0. The molecule has 1 unspecified atom stereocenters. The molecule has 30 heavy (non-hydrogen) atoms. The van der Waals surface area contributed by atoms with E-state index in [4.69, 9.17) is 15.2 Å². The van der Waals surface area contributed by atoms with E-state index >= 15 is 0 Å². The molecular weight excluding hydrogens is 382 g/mol. The van der Waals surface area contributed by atoms with Gasteiger partial charge in [-0.15, -0.1) is 0 Å². The van der Waals surface area contributed by atoms with Gasteiger partial charge in [0, 0.05) is 11.3 Å². The number of allylic oxidation sites excluding steroid dienone is 1. The number of nitriles is 1. The predicted molar refractivity (Wildman–Crippen MR) is 108 cm³/mol. The van der Waals surface area contributed by atoms with Crippen LogP contribution in [0.5, 0.6) is 0 Å². The first-order valence-corrected chi connectivity index (χ1v) is 9.33. The number of benzene rings is 2. The molecule has 1 spiro atoms. The average Bonchev–Trinajstić information content (AvgIpc) is 3.00. The van der Waals surface area contributed by atoms with Gasteiger partial charge in [-0.25, -0.2) is 4.79 Å². The number of hydrogen-bond acceptors (Lipinski definition) is 6. The van der Waals surface area contributed by atoms with Crippen molar-refractivity contribution in [1.29, 1.82) is 5.26 Å². The van der Waals surface area contributed by atoms with Crippen molar-refractivity contribution in [2.24, 2.45) is 5.73 Å². The number of carbonyl (C=O) groups excluding carboxylic acids is 2. The average molecular weight is 401 g/mol. The predicted octanol–water partition coefficient (Wildman–Crippen LogP) is 2.93. The van der Waals surface area contributed by atoms with Crippen LogP contribution in [0.25, 0.3) is 0 Å². The lowest BCUT2D eigenvalue weighted by molar-refractivity contribution is -0.142. The summed E-state index contributed by atoms with van der Waals surface area (Å²) in [5.41, 5.74) is 6.63. The minimum atomic E-state index is -1.73. The van der Waals surface area contributed by atoms with Crippen molar-refractivity contribution in [3.8, 4) is 6.07 Å². The van der Waals surface area contributed by atoms with Crippen molar-refractivity contribution < 1.29 is 19.1 Å². The van der Waals surface area contributed by atoms with Gasteiger partial charge in [0.15, 0.2) is 5.41 Å². The summed E-state index contributed by atoms with van der Waals surface area (Å²) in [5, 5.41) is 12.7. The number of nitrogens with two attached hydrogens (primary N) is 1. The van der Waals surface area contributed by atoms with E-state index in [2.05, 4.69) is 5.32 Å². The van der Waals surface area contributed by atoms with E-state index in [-0.39, 0.29) is 29.4 Å². The van der Waals surface area contributed by atoms with Crippen LogP contribution >= 0.6 is 0 Å². The summed E-state index contributed by atoms with van der Waals surface area (Å²) in [7, 11) is 0. The van der Waals surface area contributed by atoms with Crippen LogP contribution in [0.2, 0.25) is 0 Å². The Hall–Kier alpha value is -4.05. The molecular formula is C23H19N3O4. The molecule has 7 nitrogen and oxygen atoms in total. The van der Waals surface area contributed by atoms with E-state index in [0.29, 0.717) is 11.3 Å². The molecule has 0 bridgehead atoms. The Balaban J connectivity index is 1.88. The summed E-state index contributed by atoms with van der Waals surface area (Å²) in [6.07, 6.45) is 0. The molecule has 0 aliphatic carbocycles. The van der Waals surface area contributed by atoms with E-state index in [1.54, 1.807) is 12.1 Å². The molecule has 2 heterocycles. The van der Waals surface area contributed by atoms with Gasteiger partial charge in [-0.2, -0.15) is 5.26 Å². The van der Waals surface area contributed by atoms with Crippen molar-refractivity contribution in [2.75, 3.05) is 5.32 Å². The summed E-state index contributed by atoms with van der Waals surface area (Å²) in [5.74, 6) is -1.37. The molecule has 1 amide bonds. The number of rotatable bonds is 3. The Morgan fingerprint density at radius 2 is 1.93 bits per heavy atom. The molecule has 150 valence electrons. The van der Waals surface area contributed by atoms with E-state index in [9.17, 15) is 14.9 Å². The van der Waals surface area contributed by atoms with Crippen LogP contribution in [0.1, 0.15) is 23.6 Å². The van der Waals surface area contributed by atoms with Gasteiger partial charge in [0.2, 0.25) is 11.8 Å². The number of amides is 1. The maximum Gasteiger partial charge on any atom is 0.339 e. The zero-order valence-electron chi connectivity index (χ0n) is 16.5. The second kappa shape index (κ2) is 7.08. The lowest BCUT2D eigenvalue weighted by atomic mass is 9.67. The Morgan fingerprint density at radius 1 is 1.20 bits per heavy atom. The highest BCUT2D eigenvalue weighted by molar-refractivity contribution is 6.17. The van der Waals surface area contributed by atoms with Gasteiger partial charge >= 0.3 is 5.97 Å². The molecule has 4 rings (SSSR count). The van der Waals surface area contributed by atoms with Crippen LogP contribution in [-0.4, -0.2) is 11.9 Å². The summed E-state index contributed by atoms with van der Waals surface area (Å²) in [6, 6.07) is 16.5. The van der Waals surface area contributed by atoms with Gasteiger partial charge < -0.3 is 20.5 Å². The third-order valence-electron chi connectivity index (χ3n) is 5.38. The number of nitrogens with one attached hydrogen (secondary N) is 1. The summed E-state index contributed by atoms with van der Waals surface area (Å²) in [4.78, 5) is 26.6. The first kappa shape index (κ1) is 19.3. The van der Waals surface area contributed by atoms with Crippen molar-refractivity contribution in [1.82, 2.24) is 0 Å². The molecule has 2 aromatic carbocycles. The Labute approximate surface area is 173 Å². The monoisotopic (exact) mass is 401 g/mol. The van der Waals surface area contributed by atoms with E-state index in [1.807, 2.05) is 49.4 Å². The standard InChI is InChI=1S/C23H19N3O4/c1-13-7-6-10-17-18(13)23(22(28)26-17)16(11-24)20(25)30-14(2)19(23)21(27)29-12-15-8-4-3-5-9-15/h3-10H,12,25H2,1-2H3,(H,26,28). The van der Waals surface area contributed by atoms with Gasteiger partial charge in [0.25, 0.3) is 0 Å². The zero-order valence-corrected chi connectivity index (χ0v) is 16.5. The molecule has 2 aliphatic heterocycles. The number of ether oxygens (including phenoxy) is 2. The number of fused-ring (bicyclic) bond motifs is 2. The topological polar surface area (TPSA) is 114 Å². The second-order valence-corrected chi connectivity index (χ2v) is 7.15. The van der Waals surface area contributed by atoms with Crippen molar-refractivity contribution in [3.05, 3.63) is 88.0 Å². The van der Waals surface area contributed by atoms with Gasteiger partial charge in [-0.1, -0.05) is 42.5 Å². The number of aryl methyl sites for hydroxylation is 1. The molecule has 7 heteroatoms. The highest BCUT2D eigenvalue weighted by Gasteiger charge is 2.60. The van der Waals surface area contributed by atoms with Crippen molar-refractivity contribution >= 4 is 17.6 Å². The Kier molecular flexibility index (Phi) is 4.55. The van der Waals surface area contributed by atoms with Gasteiger partial charge in [-0.05, 0) is 31.0 Å². The van der Waals surface area contributed by atoms with Crippen LogP contribution in [0.15, 0.2) is 71.3 Å². The highest BCUT2D eigenvalue weighted by Crippen LogP contribution is 2.53. The molecule has 0 fully saturated rings. The molecule has 0 saturated carbocycles. The van der Waals surface area contributed by atoms with Crippen molar-refractivity contribution in [3.63, 3.8) is 0 Å². The van der Waals surface area contributed by atoms with Crippen LogP contribution in [0.4, 0.5) is 5.69 Å². The first-order chi connectivity index (χ1) is 14.4. The molecule has 2 aromatic rings. The zero-order chi connectivity index (χ0) is 21.5. The maximum atomic E-state index is 13.4. The summed E-state index contributed by atoms with van der Waals surface area (Å²) in [6.45, 7) is 3.35. The quantitative estimate of drug-likeness (QED) is 0.765. The smallest absolute Gasteiger partial charge is 0.339 e. The minimum absolute atomic E-state index is 0.00979. The van der Waals surface area contributed by atoms with Crippen molar-refractivity contribution in [2.45, 2.75) is 25.9 Å². The Bertz CT molecular complexity index is 1170.